The number of aromatic hydroxyl groups is 1. The summed E-state index contributed by atoms with van der Waals surface area (Å²) in [6.07, 6.45) is 0. The fourth-order valence-electron chi connectivity index (χ4n) is 2.91. The average molecular weight is 347 g/mol. The van der Waals surface area contributed by atoms with Gasteiger partial charge < -0.3 is 14.6 Å². The molecule has 2 aromatic heterocycles. The third-order valence-corrected chi connectivity index (χ3v) is 4.25. The maximum atomic E-state index is 9.63. The van der Waals surface area contributed by atoms with Crippen molar-refractivity contribution in [2.75, 3.05) is 14.2 Å². The molecule has 4 rings (SSSR count). The molecule has 0 radical (unpaired) electrons. The van der Waals surface area contributed by atoms with E-state index in [9.17, 15) is 5.11 Å². The highest BCUT2D eigenvalue weighted by atomic mass is 16.5. The van der Waals surface area contributed by atoms with Gasteiger partial charge in [-0.3, -0.25) is 5.10 Å². The van der Waals surface area contributed by atoms with Crippen LogP contribution in [0.2, 0.25) is 0 Å². The number of aromatic nitrogens is 3. The zero-order valence-electron chi connectivity index (χ0n) is 14.4. The molecule has 0 bridgehead atoms. The van der Waals surface area contributed by atoms with Crippen molar-refractivity contribution in [3.8, 4) is 39.8 Å². The molecule has 0 amide bonds. The number of H-pyrrole nitrogens is 1. The van der Waals surface area contributed by atoms with Crippen LogP contribution in [-0.2, 0) is 0 Å². The summed E-state index contributed by atoms with van der Waals surface area (Å²) in [4.78, 5) is 4.66. The number of phenols is 1. The predicted molar refractivity (Wildman–Crippen MR) is 99.5 cm³/mol. The molecule has 2 heterocycles. The van der Waals surface area contributed by atoms with Crippen LogP contribution in [0, 0.1) is 0 Å². The molecule has 6 nitrogen and oxygen atoms in total. The zero-order valence-corrected chi connectivity index (χ0v) is 14.4. The maximum Gasteiger partial charge on any atom is 0.156 e. The Bertz CT molecular complexity index is 1070. The Kier molecular flexibility index (Phi) is 3.93. The van der Waals surface area contributed by atoms with E-state index in [0.717, 1.165) is 33.7 Å². The molecule has 26 heavy (non-hydrogen) atoms. The van der Waals surface area contributed by atoms with Crippen LogP contribution in [0.3, 0.4) is 0 Å². The van der Waals surface area contributed by atoms with E-state index in [0.29, 0.717) is 11.4 Å². The smallest absolute Gasteiger partial charge is 0.156 e. The molecule has 0 saturated heterocycles. The van der Waals surface area contributed by atoms with Crippen LogP contribution in [0.4, 0.5) is 0 Å². The average Bonchev–Trinajstić information content (AvgIpc) is 3.11. The lowest BCUT2D eigenvalue weighted by atomic mass is 10.1. The van der Waals surface area contributed by atoms with Crippen molar-refractivity contribution in [2.24, 2.45) is 0 Å². The molecule has 0 aliphatic heterocycles. The van der Waals surface area contributed by atoms with Crippen LogP contribution in [-0.4, -0.2) is 34.5 Å². The molecular weight excluding hydrogens is 330 g/mol. The molecule has 0 unspecified atom stereocenters. The lowest BCUT2D eigenvalue weighted by Crippen LogP contribution is -1.90. The van der Waals surface area contributed by atoms with Crippen LogP contribution in [0.1, 0.15) is 0 Å². The summed E-state index contributed by atoms with van der Waals surface area (Å²) in [5, 5.41) is 18.0. The van der Waals surface area contributed by atoms with Crippen molar-refractivity contribution in [1.29, 1.82) is 0 Å². The Morgan fingerprint density at radius 1 is 0.923 bits per heavy atom. The second-order valence-corrected chi connectivity index (χ2v) is 5.78. The summed E-state index contributed by atoms with van der Waals surface area (Å²) in [5.41, 5.74) is 4.03. The number of hydrogen-bond acceptors (Lipinski definition) is 5. The van der Waals surface area contributed by atoms with Crippen molar-refractivity contribution < 1.29 is 14.6 Å². The second kappa shape index (κ2) is 6.40. The number of pyridine rings is 1. The highest BCUT2D eigenvalue weighted by molar-refractivity contribution is 5.92. The van der Waals surface area contributed by atoms with E-state index in [1.165, 1.54) is 0 Å². The number of aromatic amines is 1. The fourth-order valence-corrected chi connectivity index (χ4v) is 2.91. The second-order valence-electron chi connectivity index (χ2n) is 5.78. The number of fused-ring (bicyclic) bond motifs is 1. The molecule has 0 aliphatic rings. The molecule has 6 heteroatoms. The molecule has 0 aliphatic carbocycles. The highest BCUT2D eigenvalue weighted by Gasteiger charge is 2.13. The Morgan fingerprint density at radius 2 is 1.73 bits per heavy atom. The monoisotopic (exact) mass is 347 g/mol. The first kappa shape index (κ1) is 16.0. The van der Waals surface area contributed by atoms with Crippen molar-refractivity contribution in [3.63, 3.8) is 0 Å². The van der Waals surface area contributed by atoms with Crippen molar-refractivity contribution in [3.05, 3.63) is 54.6 Å². The maximum absolute atomic E-state index is 9.63. The molecular formula is C20H17N3O3. The van der Waals surface area contributed by atoms with Crippen LogP contribution in [0.5, 0.6) is 17.2 Å². The standard InChI is InChI=1S/C20H17N3O3/c1-25-14-6-3-12(4-7-14)19-16-9-10-17(21-20(16)23-22-19)15-8-5-13(24)11-18(15)26-2/h3-11,24H,1-2H3,(H,21,22,23). The first-order valence-electron chi connectivity index (χ1n) is 8.06. The minimum Gasteiger partial charge on any atom is -0.508 e. The number of nitrogens with one attached hydrogen (secondary N) is 1. The summed E-state index contributed by atoms with van der Waals surface area (Å²) >= 11 is 0. The lowest BCUT2D eigenvalue weighted by molar-refractivity contribution is 0.409. The van der Waals surface area contributed by atoms with Gasteiger partial charge in [0.2, 0.25) is 0 Å². The molecule has 0 saturated carbocycles. The largest absolute Gasteiger partial charge is 0.508 e. The van der Waals surface area contributed by atoms with Gasteiger partial charge in [-0.25, -0.2) is 4.98 Å². The van der Waals surface area contributed by atoms with Gasteiger partial charge in [-0.2, -0.15) is 5.10 Å². The Balaban J connectivity index is 1.78. The number of rotatable bonds is 4. The van der Waals surface area contributed by atoms with Gasteiger partial charge in [0.15, 0.2) is 5.65 Å². The van der Waals surface area contributed by atoms with Gasteiger partial charge in [-0.15, -0.1) is 0 Å². The molecule has 0 atom stereocenters. The summed E-state index contributed by atoms with van der Waals surface area (Å²) < 4.78 is 10.6. The van der Waals surface area contributed by atoms with Crippen LogP contribution in [0.15, 0.2) is 54.6 Å². The summed E-state index contributed by atoms with van der Waals surface area (Å²) in [6, 6.07) is 16.6. The van der Waals surface area contributed by atoms with Crippen molar-refractivity contribution in [2.45, 2.75) is 0 Å². The highest BCUT2D eigenvalue weighted by Crippen LogP contribution is 2.34. The van der Waals surface area contributed by atoms with Gasteiger partial charge in [-0.1, -0.05) is 0 Å². The van der Waals surface area contributed by atoms with Gasteiger partial charge in [0.25, 0.3) is 0 Å². The van der Waals surface area contributed by atoms with Crippen molar-refractivity contribution in [1.82, 2.24) is 15.2 Å². The number of hydrogen-bond donors (Lipinski definition) is 2. The number of benzene rings is 2. The van der Waals surface area contributed by atoms with Gasteiger partial charge in [-0.05, 0) is 48.5 Å². The van der Waals surface area contributed by atoms with Gasteiger partial charge in [0.05, 0.1) is 19.9 Å². The van der Waals surface area contributed by atoms with E-state index in [4.69, 9.17) is 9.47 Å². The molecule has 4 aromatic rings. The number of methoxy groups -OCH3 is 2. The van der Waals surface area contributed by atoms with E-state index < -0.39 is 0 Å². The van der Waals surface area contributed by atoms with E-state index in [1.807, 2.05) is 36.4 Å². The molecule has 0 spiro atoms. The molecule has 2 N–H and O–H groups in total. The number of ether oxygens (including phenoxy) is 2. The fraction of sp³-hybridized carbons (Fsp3) is 0.100. The minimum atomic E-state index is 0.148. The predicted octanol–water partition coefficient (Wildman–Crippen LogP) is 4.01. The van der Waals surface area contributed by atoms with Crippen molar-refractivity contribution >= 4 is 11.0 Å². The SMILES string of the molecule is COc1ccc(-c2n[nH]c3nc(-c4ccc(O)cc4OC)ccc23)cc1. The normalized spacial score (nSPS) is 10.8. The molecule has 0 fully saturated rings. The van der Waals surface area contributed by atoms with E-state index >= 15 is 0 Å². The minimum absolute atomic E-state index is 0.148. The van der Waals surface area contributed by atoms with E-state index in [1.54, 1.807) is 32.4 Å². The van der Waals surface area contributed by atoms with E-state index in [2.05, 4.69) is 15.2 Å². The van der Waals surface area contributed by atoms with Crippen LogP contribution < -0.4 is 9.47 Å². The zero-order chi connectivity index (χ0) is 18.1. The molecule has 130 valence electrons. The van der Waals surface area contributed by atoms with E-state index in [-0.39, 0.29) is 5.75 Å². The lowest BCUT2D eigenvalue weighted by Gasteiger charge is -2.08. The first-order valence-corrected chi connectivity index (χ1v) is 8.06. The van der Waals surface area contributed by atoms with Crippen LogP contribution >= 0.6 is 0 Å². The third kappa shape index (κ3) is 2.71. The Hall–Kier alpha value is -3.54. The van der Waals surface area contributed by atoms with Crippen LogP contribution in [0.25, 0.3) is 33.5 Å². The quantitative estimate of drug-likeness (QED) is 0.583. The first-order chi connectivity index (χ1) is 12.7. The van der Waals surface area contributed by atoms with Gasteiger partial charge in [0, 0.05) is 22.6 Å². The topological polar surface area (TPSA) is 80.3 Å². The Labute approximate surface area is 150 Å². The summed E-state index contributed by atoms with van der Waals surface area (Å²) in [7, 11) is 3.21. The Morgan fingerprint density at radius 3 is 2.46 bits per heavy atom. The summed E-state index contributed by atoms with van der Waals surface area (Å²) in [6.45, 7) is 0. The molecule has 2 aromatic carbocycles. The van der Waals surface area contributed by atoms with Gasteiger partial charge in [0.1, 0.15) is 22.9 Å². The third-order valence-electron chi connectivity index (χ3n) is 4.25. The summed E-state index contributed by atoms with van der Waals surface area (Å²) in [5.74, 6) is 1.51. The number of phenolic OH excluding ortho intramolecular Hbond substituents is 1. The van der Waals surface area contributed by atoms with Gasteiger partial charge >= 0.3 is 0 Å². The number of nitrogens with zero attached hydrogens (tertiary/aromatic N) is 2.